The van der Waals surface area contributed by atoms with Crippen molar-refractivity contribution >= 4 is 50.5 Å². The molecule has 0 fully saturated rings. The first kappa shape index (κ1) is 12.7. The van der Waals surface area contributed by atoms with Crippen LogP contribution >= 0.6 is 34.8 Å². The third-order valence-corrected chi connectivity index (χ3v) is 3.71. The smallest absolute Gasteiger partial charge is 0.246 e. The van der Waals surface area contributed by atoms with Gasteiger partial charge in [-0.05, 0) is 12.1 Å². The molecule has 0 heterocycles. The number of phenols is 1. The molecule has 0 saturated heterocycles. The number of phenolic OH excluding ortho intramolecular Hbond substituents is 1. The maximum absolute atomic E-state index is 11.1. The Bertz CT molecular complexity index is 451. The number of anilines is 1. The molecule has 0 amide bonds. The Labute approximate surface area is 102 Å². The molecule has 4 nitrogen and oxygen atoms in total. The van der Waals surface area contributed by atoms with Crippen molar-refractivity contribution in [2.45, 2.75) is 0 Å². The van der Waals surface area contributed by atoms with Crippen LogP contribution in [0, 0.1) is 0 Å². The fourth-order valence-electron chi connectivity index (χ4n) is 0.831. The molecule has 15 heavy (non-hydrogen) atoms. The second-order valence-corrected chi connectivity index (χ2v) is 5.74. The van der Waals surface area contributed by atoms with Gasteiger partial charge in [0.25, 0.3) is 0 Å². The molecular formula is C7H6Cl3NO3S. The highest BCUT2D eigenvalue weighted by molar-refractivity contribution is 7.93. The summed E-state index contributed by atoms with van der Waals surface area (Å²) in [6.07, 6.45) is 0. The summed E-state index contributed by atoms with van der Waals surface area (Å²) < 4.78 is 24.3. The average molecular weight is 291 g/mol. The van der Waals surface area contributed by atoms with Gasteiger partial charge in [-0.2, -0.15) is 0 Å². The summed E-state index contributed by atoms with van der Waals surface area (Å²) in [7, 11) is -3.60. The molecule has 0 radical (unpaired) electrons. The molecule has 0 spiro atoms. The number of sulfonamides is 1. The van der Waals surface area contributed by atoms with E-state index in [1.54, 1.807) is 0 Å². The first-order valence-corrected chi connectivity index (χ1v) is 6.54. The maximum Gasteiger partial charge on any atom is 0.246 e. The zero-order chi connectivity index (χ0) is 11.6. The molecular weight excluding hydrogens is 285 g/mol. The molecule has 0 saturated carbocycles. The number of halogens is 3. The van der Waals surface area contributed by atoms with Gasteiger partial charge >= 0.3 is 0 Å². The van der Waals surface area contributed by atoms with Crippen LogP contribution in [0.1, 0.15) is 0 Å². The summed E-state index contributed by atoms with van der Waals surface area (Å²) in [6, 6.07) is 2.46. The van der Waals surface area contributed by atoms with Crippen molar-refractivity contribution in [1.29, 1.82) is 0 Å². The summed E-state index contributed by atoms with van der Waals surface area (Å²) in [6.45, 7) is 0. The van der Waals surface area contributed by atoms with Crippen molar-refractivity contribution in [2.75, 3.05) is 9.93 Å². The standard InChI is InChI=1S/C7H6Cl3NO3S/c8-3-15(13,14)11-4-1-5(9)7(12)6(10)2-4/h1-2,11-12H,3H2. The van der Waals surface area contributed by atoms with Crippen molar-refractivity contribution in [3.05, 3.63) is 22.2 Å². The van der Waals surface area contributed by atoms with Crippen molar-refractivity contribution in [3.63, 3.8) is 0 Å². The topological polar surface area (TPSA) is 66.4 Å². The summed E-state index contributed by atoms with van der Waals surface area (Å²) in [5.74, 6) is -0.299. The number of hydrogen-bond acceptors (Lipinski definition) is 3. The lowest BCUT2D eigenvalue weighted by atomic mass is 10.3. The molecule has 8 heteroatoms. The Balaban J connectivity index is 3.08. The van der Waals surface area contributed by atoms with Crippen LogP contribution in [0.25, 0.3) is 0 Å². The molecule has 0 aliphatic carbocycles. The summed E-state index contributed by atoms with van der Waals surface area (Å²) in [4.78, 5) is 0. The number of nitrogens with one attached hydrogen (secondary N) is 1. The normalized spacial score (nSPS) is 11.4. The SMILES string of the molecule is O=S(=O)(CCl)Nc1cc(Cl)c(O)c(Cl)c1. The van der Waals surface area contributed by atoms with Gasteiger partial charge < -0.3 is 5.11 Å². The second-order valence-electron chi connectivity index (χ2n) is 2.61. The lowest BCUT2D eigenvalue weighted by molar-refractivity contribution is 0.476. The minimum Gasteiger partial charge on any atom is -0.505 e. The van der Waals surface area contributed by atoms with E-state index in [0.29, 0.717) is 0 Å². The van der Waals surface area contributed by atoms with Crippen LogP contribution in [-0.4, -0.2) is 18.7 Å². The molecule has 84 valence electrons. The van der Waals surface area contributed by atoms with Crippen LogP contribution in [0.5, 0.6) is 5.75 Å². The van der Waals surface area contributed by atoms with E-state index in [-0.39, 0.29) is 21.5 Å². The van der Waals surface area contributed by atoms with Gasteiger partial charge in [0.2, 0.25) is 10.0 Å². The van der Waals surface area contributed by atoms with E-state index < -0.39 is 15.2 Å². The Morgan fingerprint density at radius 2 is 1.73 bits per heavy atom. The largest absolute Gasteiger partial charge is 0.505 e. The molecule has 1 rings (SSSR count). The van der Waals surface area contributed by atoms with E-state index in [1.165, 1.54) is 12.1 Å². The zero-order valence-electron chi connectivity index (χ0n) is 7.17. The zero-order valence-corrected chi connectivity index (χ0v) is 10.3. The van der Waals surface area contributed by atoms with Crippen molar-refractivity contribution in [2.24, 2.45) is 0 Å². The molecule has 0 atom stereocenters. The van der Waals surface area contributed by atoms with Gasteiger partial charge in [-0.3, -0.25) is 4.72 Å². The molecule has 0 aliphatic heterocycles. The highest BCUT2D eigenvalue weighted by Crippen LogP contribution is 2.34. The number of alkyl halides is 1. The van der Waals surface area contributed by atoms with E-state index in [2.05, 4.69) is 4.72 Å². The monoisotopic (exact) mass is 289 g/mol. The number of hydrogen-bond donors (Lipinski definition) is 2. The molecule has 2 N–H and O–H groups in total. The average Bonchev–Trinajstić information content (AvgIpc) is 2.13. The second kappa shape index (κ2) is 4.65. The van der Waals surface area contributed by atoms with Gasteiger partial charge in [-0.1, -0.05) is 23.2 Å². The lowest BCUT2D eigenvalue weighted by Gasteiger charge is -2.07. The fraction of sp³-hybridized carbons (Fsp3) is 0.143. The van der Waals surface area contributed by atoms with Crippen molar-refractivity contribution < 1.29 is 13.5 Å². The van der Waals surface area contributed by atoms with E-state index in [4.69, 9.17) is 34.8 Å². The molecule has 0 unspecified atom stereocenters. The Morgan fingerprint density at radius 3 is 2.13 bits per heavy atom. The molecule has 1 aromatic rings. The third-order valence-electron chi connectivity index (χ3n) is 1.43. The minimum atomic E-state index is -3.60. The van der Waals surface area contributed by atoms with Crippen LogP contribution in [0.4, 0.5) is 5.69 Å². The lowest BCUT2D eigenvalue weighted by Crippen LogP contribution is -2.13. The Kier molecular flexibility index (Phi) is 3.94. The van der Waals surface area contributed by atoms with E-state index in [0.717, 1.165) is 0 Å². The molecule has 0 bridgehead atoms. The predicted octanol–water partition coefficient (Wildman–Crippen LogP) is 2.64. The number of rotatable bonds is 3. The molecule has 0 aliphatic rings. The van der Waals surface area contributed by atoms with Gasteiger partial charge in [0.1, 0.15) is 5.21 Å². The van der Waals surface area contributed by atoms with Crippen LogP contribution in [0.3, 0.4) is 0 Å². The van der Waals surface area contributed by atoms with E-state index in [1.807, 2.05) is 0 Å². The van der Waals surface area contributed by atoms with Gasteiger partial charge in [0.15, 0.2) is 5.75 Å². The summed E-state index contributed by atoms with van der Waals surface area (Å²) >= 11 is 16.4. The minimum absolute atomic E-state index is 0.0465. The van der Waals surface area contributed by atoms with E-state index >= 15 is 0 Å². The summed E-state index contributed by atoms with van der Waals surface area (Å²) in [5.41, 5.74) is 0.142. The maximum atomic E-state index is 11.1. The van der Waals surface area contributed by atoms with Crippen LogP contribution < -0.4 is 4.72 Å². The number of benzene rings is 1. The molecule has 0 aromatic heterocycles. The highest BCUT2D eigenvalue weighted by atomic mass is 35.5. The Hall–Kier alpha value is -0.360. The van der Waals surface area contributed by atoms with Crippen molar-refractivity contribution in [1.82, 2.24) is 0 Å². The fourth-order valence-corrected chi connectivity index (χ4v) is 2.01. The van der Waals surface area contributed by atoms with Gasteiger partial charge in [0, 0.05) is 0 Å². The van der Waals surface area contributed by atoms with Crippen LogP contribution in [-0.2, 0) is 10.0 Å². The first-order valence-electron chi connectivity index (χ1n) is 3.60. The van der Waals surface area contributed by atoms with Gasteiger partial charge in [-0.15, -0.1) is 11.6 Å². The predicted molar refractivity (Wildman–Crippen MR) is 61.4 cm³/mol. The van der Waals surface area contributed by atoms with Gasteiger partial charge in [-0.25, -0.2) is 8.42 Å². The third kappa shape index (κ3) is 3.31. The van der Waals surface area contributed by atoms with Gasteiger partial charge in [0.05, 0.1) is 15.7 Å². The molecule has 1 aromatic carbocycles. The number of aromatic hydroxyl groups is 1. The van der Waals surface area contributed by atoms with E-state index in [9.17, 15) is 13.5 Å². The summed E-state index contributed by atoms with van der Waals surface area (Å²) in [5, 5.41) is 8.55. The first-order chi connectivity index (χ1) is 6.85. The van der Waals surface area contributed by atoms with Crippen LogP contribution in [0.2, 0.25) is 10.0 Å². The highest BCUT2D eigenvalue weighted by Gasteiger charge is 2.11. The quantitative estimate of drug-likeness (QED) is 0.664. The van der Waals surface area contributed by atoms with Crippen molar-refractivity contribution in [3.8, 4) is 5.75 Å². The Morgan fingerprint density at radius 1 is 1.27 bits per heavy atom. The van der Waals surface area contributed by atoms with Crippen LogP contribution in [0.15, 0.2) is 12.1 Å².